The van der Waals surface area contributed by atoms with Crippen molar-refractivity contribution in [2.75, 3.05) is 12.4 Å². The second kappa shape index (κ2) is 7.00. The molecular weight excluding hydrogens is 318 g/mol. The topological polar surface area (TPSA) is 84.2 Å². The van der Waals surface area contributed by atoms with Crippen LogP contribution in [-0.4, -0.2) is 24.0 Å². The second-order valence-corrected chi connectivity index (χ2v) is 5.44. The van der Waals surface area contributed by atoms with E-state index < -0.39 is 0 Å². The van der Waals surface area contributed by atoms with Crippen LogP contribution in [0.25, 0.3) is 11.3 Å². The smallest absolute Gasteiger partial charge is 0.261 e. The van der Waals surface area contributed by atoms with Crippen LogP contribution in [0.5, 0.6) is 0 Å². The number of rotatable bonds is 4. The van der Waals surface area contributed by atoms with Crippen LogP contribution in [0.1, 0.15) is 26.5 Å². The molecular formula is C19H17N3O3. The summed E-state index contributed by atoms with van der Waals surface area (Å²) in [5, 5.41) is 9.36. The molecule has 0 unspecified atom stereocenters. The lowest BCUT2D eigenvalue weighted by Crippen LogP contribution is -2.18. The summed E-state index contributed by atoms with van der Waals surface area (Å²) in [6.45, 7) is 1.69. The van der Waals surface area contributed by atoms with Gasteiger partial charge in [0.1, 0.15) is 17.0 Å². The number of carbonyl (C=O) groups is 2. The highest BCUT2D eigenvalue weighted by molar-refractivity contribution is 6.09. The van der Waals surface area contributed by atoms with Crippen molar-refractivity contribution in [3.8, 4) is 11.3 Å². The molecule has 6 nitrogen and oxygen atoms in total. The molecule has 0 bridgehead atoms. The number of hydrogen-bond donors (Lipinski definition) is 2. The van der Waals surface area contributed by atoms with Gasteiger partial charge in [0.15, 0.2) is 0 Å². The van der Waals surface area contributed by atoms with E-state index in [-0.39, 0.29) is 11.8 Å². The van der Waals surface area contributed by atoms with Gasteiger partial charge in [0.2, 0.25) is 0 Å². The molecule has 0 aliphatic heterocycles. The molecule has 0 aliphatic carbocycles. The fourth-order valence-electron chi connectivity index (χ4n) is 2.51. The van der Waals surface area contributed by atoms with Gasteiger partial charge in [-0.3, -0.25) is 9.59 Å². The first kappa shape index (κ1) is 16.4. The predicted molar refractivity (Wildman–Crippen MR) is 94.5 cm³/mol. The maximum absolute atomic E-state index is 12.7. The molecule has 0 saturated heterocycles. The van der Waals surface area contributed by atoms with Gasteiger partial charge in [-0.15, -0.1) is 0 Å². The van der Waals surface area contributed by atoms with Crippen LogP contribution in [0, 0.1) is 6.92 Å². The lowest BCUT2D eigenvalue weighted by Gasteiger charge is -2.07. The van der Waals surface area contributed by atoms with Crippen molar-refractivity contribution in [3.05, 3.63) is 71.5 Å². The number of aromatic nitrogens is 1. The predicted octanol–water partition coefficient (Wildman–Crippen LogP) is 3.26. The molecule has 126 valence electrons. The van der Waals surface area contributed by atoms with Crippen LogP contribution in [0.15, 0.2) is 59.1 Å². The Morgan fingerprint density at radius 3 is 2.48 bits per heavy atom. The van der Waals surface area contributed by atoms with Gasteiger partial charge in [-0.25, -0.2) is 0 Å². The van der Waals surface area contributed by atoms with E-state index in [2.05, 4.69) is 15.8 Å². The Bertz CT molecular complexity index is 917. The standard InChI is InChI=1S/C19H17N3O3/c1-12-16(17(22-25-12)13-7-4-3-5-8-13)19(24)21-15-10-6-9-14(11-15)18(23)20-2/h3-11H,1-2H3,(H,20,23)(H,21,24). The Kier molecular flexibility index (Phi) is 4.61. The first-order valence-electron chi connectivity index (χ1n) is 7.75. The summed E-state index contributed by atoms with van der Waals surface area (Å²) in [7, 11) is 1.56. The zero-order chi connectivity index (χ0) is 17.8. The van der Waals surface area contributed by atoms with Crippen molar-refractivity contribution in [1.82, 2.24) is 10.5 Å². The number of aryl methyl sites for hydroxylation is 1. The van der Waals surface area contributed by atoms with Crippen LogP contribution in [0.4, 0.5) is 5.69 Å². The van der Waals surface area contributed by atoms with Gasteiger partial charge in [-0.2, -0.15) is 0 Å². The Hall–Kier alpha value is -3.41. The number of benzene rings is 2. The molecule has 2 N–H and O–H groups in total. The maximum Gasteiger partial charge on any atom is 0.261 e. The summed E-state index contributed by atoms with van der Waals surface area (Å²) in [6, 6.07) is 16.1. The average Bonchev–Trinajstić information content (AvgIpc) is 3.03. The molecule has 0 aliphatic rings. The maximum atomic E-state index is 12.7. The highest BCUT2D eigenvalue weighted by atomic mass is 16.5. The summed E-state index contributed by atoms with van der Waals surface area (Å²) in [5.41, 5.74) is 2.63. The normalized spacial score (nSPS) is 10.3. The third kappa shape index (κ3) is 3.42. The van der Waals surface area contributed by atoms with Gasteiger partial charge >= 0.3 is 0 Å². The number of nitrogens with one attached hydrogen (secondary N) is 2. The molecule has 1 heterocycles. The van der Waals surface area contributed by atoms with Gasteiger partial charge in [0.25, 0.3) is 11.8 Å². The molecule has 0 fully saturated rings. The van der Waals surface area contributed by atoms with Gasteiger partial charge in [0, 0.05) is 23.9 Å². The number of hydrogen-bond acceptors (Lipinski definition) is 4. The second-order valence-electron chi connectivity index (χ2n) is 5.44. The minimum absolute atomic E-state index is 0.220. The van der Waals surface area contributed by atoms with Crippen molar-refractivity contribution in [1.29, 1.82) is 0 Å². The zero-order valence-corrected chi connectivity index (χ0v) is 13.9. The van der Waals surface area contributed by atoms with Crippen molar-refractivity contribution >= 4 is 17.5 Å². The van der Waals surface area contributed by atoms with E-state index in [1.54, 1.807) is 38.2 Å². The third-order valence-electron chi connectivity index (χ3n) is 3.75. The fraction of sp³-hybridized carbons (Fsp3) is 0.105. The minimum atomic E-state index is -0.341. The number of anilines is 1. The first-order chi connectivity index (χ1) is 12.1. The Morgan fingerprint density at radius 1 is 1.00 bits per heavy atom. The van der Waals surface area contributed by atoms with E-state index in [4.69, 9.17) is 4.52 Å². The number of carbonyl (C=O) groups excluding carboxylic acids is 2. The molecule has 6 heteroatoms. The highest BCUT2D eigenvalue weighted by Crippen LogP contribution is 2.26. The average molecular weight is 335 g/mol. The summed E-state index contributed by atoms with van der Waals surface area (Å²) < 4.78 is 5.21. The summed E-state index contributed by atoms with van der Waals surface area (Å²) in [6.07, 6.45) is 0. The molecule has 2 aromatic carbocycles. The molecule has 0 radical (unpaired) electrons. The van der Waals surface area contributed by atoms with E-state index in [9.17, 15) is 9.59 Å². The van der Waals surface area contributed by atoms with Crippen molar-refractivity contribution in [2.24, 2.45) is 0 Å². The lowest BCUT2D eigenvalue weighted by atomic mass is 10.1. The monoisotopic (exact) mass is 335 g/mol. The summed E-state index contributed by atoms with van der Waals surface area (Å²) >= 11 is 0. The third-order valence-corrected chi connectivity index (χ3v) is 3.75. The van der Waals surface area contributed by atoms with Crippen LogP contribution in [0.3, 0.4) is 0 Å². The highest BCUT2D eigenvalue weighted by Gasteiger charge is 2.21. The minimum Gasteiger partial charge on any atom is -0.360 e. The Morgan fingerprint density at radius 2 is 1.76 bits per heavy atom. The van der Waals surface area contributed by atoms with Gasteiger partial charge < -0.3 is 15.2 Å². The van der Waals surface area contributed by atoms with Gasteiger partial charge in [0.05, 0.1) is 0 Å². The van der Waals surface area contributed by atoms with Crippen molar-refractivity contribution in [3.63, 3.8) is 0 Å². The fourth-order valence-corrected chi connectivity index (χ4v) is 2.51. The molecule has 0 spiro atoms. The van der Waals surface area contributed by atoms with Gasteiger partial charge in [-0.05, 0) is 25.1 Å². The van der Waals surface area contributed by atoms with Crippen LogP contribution >= 0.6 is 0 Å². The van der Waals surface area contributed by atoms with E-state index in [0.717, 1.165) is 5.56 Å². The molecule has 1 aromatic heterocycles. The Labute approximate surface area is 144 Å². The number of nitrogens with zero attached hydrogens (tertiary/aromatic N) is 1. The van der Waals surface area contributed by atoms with Crippen LogP contribution < -0.4 is 10.6 Å². The largest absolute Gasteiger partial charge is 0.360 e. The Balaban J connectivity index is 1.90. The zero-order valence-electron chi connectivity index (χ0n) is 13.9. The summed E-state index contributed by atoms with van der Waals surface area (Å²) in [4.78, 5) is 24.5. The molecule has 0 saturated carbocycles. The molecule has 0 atom stereocenters. The quantitative estimate of drug-likeness (QED) is 0.766. The van der Waals surface area contributed by atoms with Crippen LogP contribution in [-0.2, 0) is 0 Å². The molecule has 2 amide bonds. The molecule has 25 heavy (non-hydrogen) atoms. The van der Waals surface area contributed by atoms with Gasteiger partial charge in [-0.1, -0.05) is 41.6 Å². The van der Waals surface area contributed by atoms with E-state index >= 15 is 0 Å². The number of amides is 2. The van der Waals surface area contributed by atoms with Crippen molar-refractivity contribution < 1.29 is 14.1 Å². The van der Waals surface area contributed by atoms with Crippen LogP contribution in [0.2, 0.25) is 0 Å². The van der Waals surface area contributed by atoms with Crippen molar-refractivity contribution in [2.45, 2.75) is 6.92 Å². The van der Waals surface area contributed by atoms with E-state index in [1.165, 1.54) is 0 Å². The SMILES string of the molecule is CNC(=O)c1cccc(NC(=O)c2c(-c3ccccc3)noc2C)c1. The molecule has 3 rings (SSSR count). The van der Waals surface area contributed by atoms with E-state index in [0.29, 0.717) is 28.3 Å². The lowest BCUT2D eigenvalue weighted by molar-refractivity contribution is 0.0961. The molecule has 3 aromatic rings. The first-order valence-corrected chi connectivity index (χ1v) is 7.75. The van der Waals surface area contributed by atoms with E-state index in [1.807, 2.05) is 30.3 Å². The summed E-state index contributed by atoms with van der Waals surface area (Å²) in [5.74, 6) is -0.132.